The summed E-state index contributed by atoms with van der Waals surface area (Å²) in [6.07, 6.45) is 7.03. The Kier molecular flexibility index (Phi) is 7.93. The molecule has 1 aromatic carbocycles. The van der Waals surface area contributed by atoms with Crippen LogP contribution in [-0.4, -0.2) is 41.7 Å². The lowest BCUT2D eigenvalue weighted by Gasteiger charge is -2.33. The van der Waals surface area contributed by atoms with Crippen LogP contribution in [-0.2, 0) is 15.1 Å². The largest absolute Gasteiger partial charge is 0.459 e. The van der Waals surface area contributed by atoms with Crippen molar-refractivity contribution in [3.8, 4) is 0 Å². The first kappa shape index (κ1) is 21.2. The zero-order valence-electron chi connectivity index (χ0n) is 15.7. The molecule has 2 fully saturated rings. The number of ether oxygens (including phenoxy) is 1. The highest BCUT2D eigenvalue weighted by Crippen LogP contribution is 2.41. The molecule has 0 amide bonds. The molecule has 1 saturated carbocycles. The first-order valence-corrected chi connectivity index (χ1v) is 9.86. The van der Waals surface area contributed by atoms with E-state index in [4.69, 9.17) is 4.74 Å². The van der Waals surface area contributed by atoms with Crippen molar-refractivity contribution in [2.45, 2.75) is 63.6 Å². The van der Waals surface area contributed by atoms with Gasteiger partial charge in [0.05, 0.1) is 0 Å². The van der Waals surface area contributed by atoms with Crippen molar-refractivity contribution in [3.63, 3.8) is 0 Å². The summed E-state index contributed by atoms with van der Waals surface area (Å²) in [6.45, 7) is 5.03. The van der Waals surface area contributed by atoms with E-state index in [9.17, 15) is 9.90 Å². The molecule has 0 spiro atoms. The van der Waals surface area contributed by atoms with Crippen molar-refractivity contribution < 1.29 is 14.6 Å². The fraction of sp³-hybridized carbons (Fsp3) is 0.667. The maximum Gasteiger partial charge on any atom is 0.343 e. The lowest BCUT2D eigenvalue weighted by Crippen LogP contribution is -2.45. The molecule has 1 aromatic rings. The number of halogens is 1. The summed E-state index contributed by atoms with van der Waals surface area (Å²) in [5, 5.41) is 11.4. The zero-order chi connectivity index (χ0) is 17.7. The molecule has 2 atom stereocenters. The maximum atomic E-state index is 13.0. The second kappa shape index (κ2) is 9.72. The maximum absolute atomic E-state index is 13.0. The zero-order valence-corrected chi connectivity index (χ0v) is 16.5. The van der Waals surface area contributed by atoms with Crippen LogP contribution in [0.25, 0.3) is 0 Å². The minimum atomic E-state index is -1.51. The Balaban J connectivity index is 0.00000243. The van der Waals surface area contributed by atoms with Crippen LogP contribution >= 0.6 is 12.4 Å². The first-order chi connectivity index (χ1) is 12.1. The lowest BCUT2D eigenvalue weighted by atomic mass is 9.80. The van der Waals surface area contributed by atoms with Crippen molar-refractivity contribution in [1.29, 1.82) is 0 Å². The smallest absolute Gasteiger partial charge is 0.343 e. The predicted molar refractivity (Wildman–Crippen MR) is 105 cm³/mol. The van der Waals surface area contributed by atoms with Crippen LogP contribution in [0.2, 0.25) is 0 Å². The second-order valence-corrected chi connectivity index (χ2v) is 7.58. The SMILES string of the molecule is CCCCN1CCC(OC(=O)C(O)(c2ccccc2)C2CCCC2)C1.Cl. The van der Waals surface area contributed by atoms with Crippen molar-refractivity contribution >= 4 is 18.4 Å². The molecule has 0 radical (unpaired) electrons. The molecule has 1 saturated heterocycles. The summed E-state index contributed by atoms with van der Waals surface area (Å²) in [4.78, 5) is 15.4. The van der Waals surface area contributed by atoms with Crippen molar-refractivity contribution in [3.05, 3.63) is 35.9 Å². The van der Waals surface area contributed by atoms with Gasteiger partial charge in [-0.2, -0.15) is 0 Å². The molecule has 5 heteroatoms. The van der Waals surface area contributed by atoms with Gasteiger partial charge in [-0.25, -0.2) is 4.79 Å². The van der Waals surface area contributed by atoms with Crippen LogP contribution in [0.1, 0.15) is 57.4 Å². The number of rotatable bonds is 7. The van der Waals surface area contributed by atoms with E-state index in [1.807, 2.05) is 30.3 Å². The number of carbonyl (C=O) groups is 1. The van der Waals surface area contributed by atoms with E-state index in [1.54, 1.807) is 0 Å². The number of unbranched alkanes of at least 4 members (excludes halogenated alkanes) is 1. The minimum Gasteiger partial charge on any atom is -0.459 e. The second-order valence-electron chi connectivity index (χ2n) is 7.58. The molecular formula is C21H32ClNO3. The highest BCUT2D eigenvalue weighted by atomic mass is 35.5. The third-order valence-electron chi connectivity index (χ3n) is 5.80. The van der Waals surface area contributed by atoms with Gasteiger partial charge in [0.15, 0.2) is 5.60 Å². The van der Waals surface area contributed by atoms with Gasteiger partial charge in [0.1, 0.15) is 6.10 Å². The van der Waals surface area contributed by atoms with Crippen LogP contribution < -0.4 is 0 Å². The van der Waals surface area contributed by atoms with Crippen molar-refractivity contribution in [2.24, 2.45) is 5.92 Å². The van der Waals surface area contributed by atoms with Gasteiger partial charge in [0, 0.05) is 19.0 Å². The molecule has 4 nitrogen and oxygen atoms in total. The van der Waals surface area contributed by atoms with E-state index in [0.717, 1.165) is 51.7 Å². The Bertz CT molecular complexity index is 562. The molecule has 1 heterocycles. The third-order valence-corrected chi connectivity index (χ3v) is 5.80. The van der Waals surface area contributed by atoms with Gasteiger partial charge in [0.2, 0.25) is 0 Å². The van der Waals surface area contributed by atoms with Crippen LogP contribution in [0.4, 0.5) is 0 Å². The van der Waals surface area contributed by atoms with Crippen LogP contribution in [0, 0.1) is 5.92 Å². The molecule has 2 aliphatic rings. The molecule has 1 aliphatic carbocycles. The van der Waals surface area contributed by atoms with E-state index in [1.165, 1.54) is 12.8 Å². The number of hydrogen-bond donors (Lipinski definition) is 1. The number of hydrogen-bond acceptors (Lipinski definition) is 4. The van der Waals surface area contributed by atoms with Gasteiger partial charge < -0.3 is 9.84 Å². The summed E-state index contributed by atoms with van der Waals surface area (Å²) in [7, 11) is 0. The molecule has 146 valence electrons. The van der Waals surface area contributed by atoms with E-state index in [2.05, 4.69) is 11.8 Å². The Morgan fingerprint density at radius 1 is 1.23 bits per heavy atom. The molecule has 0 bridgehead atoms. The molecule has 26 heavy (non-hydrogen) atoms. The number of nitrogens with zero attached hydrogens (tertiary/aromatic N) is 1. The van der Waals surface area contributed by atoms with Gasteiger partial charge >= 0.3 is 5.97 Å². The van der Waals surface area contributed by atoms with Gasteiger partial charge in [-0.15, -0.1) is 12.4 Å². The van der Waals surface area contributed by atoms with Crippen molar-refractivity contribution in [2.75, 3.05) is 19.6 Å². The number of likely N-dealkylation sites (tertiary alicyclic amines) is 1. The predicted octanol–water partition coefficient (Wildman–Crippen LogP) is 3.90. The topological polar surface area (TPSA) is 49.8 Å². The van der Waals surface area contributed by atoms with Gasteiger partial charge in [-0.1, -0.05) is 56.5 Å². The third kappa shape index (κ3) is 4.59. The van der Waals surface area contributed by atoms with Crippen LogP contribution in [0.3, 0.4) is 0 Å². The molecule has 2 unspecified atom stereocenters. The average molecular weight is 382 g/mol. The fourth-order valence-corrected chi connectivity index (χ4v) is 4.28. The summed E-state index contributed by atoms with van der Waals surface area (Å²) in [5.41, 5.74) is -0.832. The van der Waals surface area contributed by atoms with Crippen LogP contribution in [0.15, 0.2) is 30.3 Å². The number of carbonyl (C=O) groups excluding carboxylic acids is 1. The number of esters is 1. The summed E-state index contributed by atoms with van der Waals surface area (Å²) >= 11 is 0. The Morgan fingerprint density at radius 2 is 1.92 bits per heavy atom. The highest BCUT2D eigenvalue weighted by Gasteiger charge is 2.48. The number of aliphatic hydroxyl groups is 1. The first-order valence-electron chi connectivity index (χ1n) is 9.86. The van der Waals surface area contributed by atoms with Crippen molar-refractivity contribution in [1.82, 2.24) is 4.90 Å². The number of benzene rings is 1. The molecule has 0 aromatic heterocycles. The highest BCUT2D eigenvalue weighted by molar-refractivity contribution is 5.85. The Labute approximate surface area is 163 Å². The normalized spacial score (nSPS) is 23.4. The molecule has 3 rings (SSSR count). The van der Waals surface area contributed by atoms with E-state index in [-0.39, 0.29) is 24.4 Å². The summed E-state index contributed by atoms with van der Waals surface area (Å²) < 4.78 is 5.82. The fourth-order valence-electron chi connectivity index (χ4n) is 4.28. The lowest BCUT2D eigenvalue weighted by molar-refractivity contribution is -0.178. The Hall–Kier alpha value is -1.10. The average Bonchev–Trinajstić information content (AvgIpc) is 3.32. The molecule has 1 aliphatic heterocycles. The molecule has 1 N–H and O–H groups in total. The molecular weight excluding hydrogens is 350 g/mol. The minimum absolute atomic E-state index is 0. The van der Waals surface area contributed by atoms with Gasteiger partial charge in [0.25, 0.3) is 0 Å². The summed E-state index contributed by atoms with van der Waals surface area (Å²) in [6, 6.07) is 9.37. The van der Waals surface area contributed by atoms with E-state index >= 15 is 0 Å². The van der Waals surface area contributed by atoms with E-state index in [0.29, 0.717) is 5.56 Å². The standard InChI is InChI=1S/C21H31NO3.ClH/c1-2-3-14-22-15-13-19(16-22)25-20(23)21(24,18-11-7-8-12-18)17-9-5-4-6-10-17;/h4-6,9-10,18-19,24H,2-3,7-8,11-16H2,1H3;1H. The quantitative estimate of drug-likeness (QED) is 0.727. The monoisotopic (exact) mass is 381 g/mol. The Morgan fingerprint density at radius 3 is 2.58 bits per heavy atom. The van der Waals surface area contributed by atoms with Gasteiger partial charge in [-0.05, 0) is 37.8 Å². The summed E-state index contributed by atoms with van der Waals surface area (Å²) in [5.74, 6) is -0.493. The van der Waals surface area contributed by atoms with Gasteiger partial charge in [-0.3, -0.25) is 4.90 Å². The van der Waals surface area contributed by atoms with E-state index < -0.39 is 11.6 Å². The van der Waals surface area contributed by atoms with Crippen LogP contribution in [0.5, 0.6) is 0 Å².